The van der Waals surface area contributed by atoms with Crippen LogP contribution in [0.1, 0.15) is 23.2 Å². The highest BCUT2D eigenvalue weighted by Gasteiger charge is 2.39. The van der Waals surface area contributed by atoms with Crippen molar-refractivity contribution in [3.8, 4) is 11.5 Å². The summed E-state index contributed by atoms with van der Waals surface area (Å²) in [6, 6.07) is 9.97. The number of ketones is 1. The molecule has 0 aliphatic carbocycles. The van der Waals surface area contributed by atoms with Gasteiger partial charge in [0, 0.05) is 36.9 Å². The maximum atomic E-state index is 13.2. The monoisotopic (exact) mass is 463 g/mol. The molecule has 1 amide bonds. The van der Waals surface area contributed by atoms with E-state index in [9.17, 15) is 18.8 Å². The molecule has 1 aliphatic rings. The Morgan fingerprint density at radius 1 is 1.16 bits per heavy atom. The summed E-state index contributed by atoms with van der Waals surface area (Å²) in [5.41, 5.74) is 0.717. The van der Waals surface area contributed by atoms with E-state index in [1.54, 1.807) is 18.2 Å². The Bertz CT molecular complexity index is 996. The first-order valence-electron chi connectivity index (χ1n) is 9.96. The molecule has 1 aliphatic heterocycles. The molecule has 1 fully saturated rings. The molecule has 1 heterocycles. The van der Waals surface area contributed by atoms with Crippen LogP contribution in [0.4, 0.5) is 10.1 Å². The predicted molar refractivity (Wildman–Crippen MR) is 116 cm³/mol. The van der Waals surface area contributed by atoms with Crippen LogP contribution in [0.3, 0.4) is 0 Å². The highest BCUT2D eigenvalue weighted by atomic mass is 35.5. The van der Waals surface area contributed by atoms with Crippen molar-refractivity contribution in [2.75, 3.05) is 31.5 Å². The Balaban J connectivity index is 1.73. The second-order valence-corrected chi connectivity index (χ2v) is 7.60. The maximum absolute atomic E-state index is 13.2. The molecule has 0 aromatic heterocycles. The lowest BCUT2D eigenvalue weighted by Crippen LogP contribution is -2.32. The fraction of sp³-hybridized carbons (Fsp3) is 0.348. The number of hydrogen-bond donors (Lipinski definition) is 0. The van der Waals surface area contributed by atoms with Gasteiger partial charge in [-0.25, -0.2) is 4.39 Å². The number of anilines is 1. The quantitative estimate of drug-likeness (QED) is 0.321. The summed E-state index contributed by atoms with van der Waals surface area (Å²) in [6.45, 7) is 0.0820. The minimum atomic E-state index is -1.12. The summed E-state index contributed by atoms with van der Waals surface area (Å²) in [4.78, 5) is 39.6. The molecular weight excluding hydrogens is 441 g/mol. The smallest absolute Gasteiger partial charge is 0.312 e. The third-order valence-corrected chi connectivity index (χ3v) is 5.41. The number of halogens is 2. The van der Waals surface area contributed by atoms with Crippen LogP contribution in [0, 0.1) is 11.7 Å². The van der Waals surface area contributed by atoms with E-state index < -0.39 is 29.6 Å². The summed E-state index contributed by atoms with van der Waals surface area (Å²) in [5, 5.41) is 0. The van der Waals surface area contributed by atoms with Crippen LogP contribution in [0.15, 0.2) is 42.5 Å². The van der Waals surface area contributed by atoms with Crippen LogP contribution >= 0.6 is 11.6 Å². The molecule has 0 spiro atoms. The van der Waals surface area contributed by atoms with Gasteiger partial charge in [-0.1, -0.05) is 0 Å². The van der Waals surface area contributed by atoms with Gasteiger partial charge in [-0.15, -0.1) is 11.6 Å². The minimum absolute atomic E-state index is 0.0631. The van der Waals surface area contributed by atoms with Crippen LogP contribution in [0.2, 0.25) is 0 Å². The minimum Gasteiger partial charge on any atom is -0.497 e. The van der Waals surface area contributed by atoms with E-state index in [2.05, 4.69) is 0 Å². The van der Waals surface area contributed by atoms with Gasteiger partial charge in [0.05, 0.1) is 25.8 Å². The van der Waals surface area contributed by atoms with Gasteiger partial charge in [-0.2, -0.15) is 0 Å². The number of esters is 1. The molecule has 170 valence electrons. The molecule has 0 radical (unpaired) electrons. The first-order chi connectivity index (χ1) is 15.4. The van der Waals surface area contributed by atoms with Crippen LogP contribution in [0.5, 0.6) is 11.5 Å². The number of carbonyl (C=O) groups is 3. The van der Waals surface area contributed by atoms with Gasteiger partial charge in [0.15, 0.2) is 6.10 Å². The van der Waals surface area contributed by atoms with Crippen molar-refractivity contribution in [1.82, 2.24) is 0 Å². The van der Waals surface area contributed by atoms with E-state index in [0.717, 1.165) is 12.1 Å². The lowest BCUT2D eigenvalue weighted by atomic mass is 10.0. The molecule has 3 rings (SSSR count). The summed E-state index contributed by atoms with van der Waals surface area (Å²) >= 11 is 5.79. The third kappa shape index (κ3) is 5.19. The van der Waals surface area contributed by atoms with E-state index in [1.807, 2.05) is 0 Å². The lowest BCUT2D eigenvalue weighted by Gasteiger charge is -2.21. The summed E-state index contributed by atoms with van der Waals surface area (Å²) in [5.74, 6) is -1.57. The SMILES string of the molecule is COc1ccc(N2C[C@H](C(=O)O[C@@H](CCCl)C(=O)c3ccc(F)cc3)CC2=O)c(OC)c1. The van der Waals surface area contributed by atoms with Crippen molar-refractivity contribution < 1.29 is 33.0 Å². The van der Waals surface area contributed by atoms with Crippen LogP contribution < -0.4 is 14.4 Å². The molecule has 1 saturated heterocycles. The van der Waals surface area contributed by atoms with Gasteiger partial charge in [-0.3, -0.25) is 14.4 Å². The summed E-state index contributed by atoms with van der Waals surface area (Å²) in [6.07, 6.45) is -1.09. The van der Waals surface area contributed by atoms with Crippen LogP contribution in [-0.4, -0.2) is 50.4 Å². The van der Waals surface area contributed by atoms with Crippen LogP contribution in [-0.2, 0) is 14.3 Å². The third-order valence-electron chi connectivity index (χ3n) is 5.19. The first kappa shape index (κ1) is 23.5. The number of rotatable bonds is 9. The molecule has 7 nitrogen and oxygen atoms in total. The Morgan fingerprint density at radius 3 is 2.50 bits per heavy atom. The molecule has 2 aromatic carbocycles. The molecular formula is C23H23ClFNO6. The Morgan fingerprint density at radius 2 is 1.88 bits per heavy atom. The number of alkyl halides is 1. The molecule has 9 heteroatoms. The van der Waals surface area contributed by atoms with Crippen LogP contribution in [0.25, 0.3) is 0 Å². The lowest BCUT2D eigenvalue weighted by molar-refractivity contribution is -0.151. The molecule has 0 N–H and O–H groups in total. The maximum Gasteiger partial charge on any atom is 0.312 e. The number of amides is 1. The van der Waals surface area contributed by atoms with Gasteiger partial charge in [-0.05, 0) is 36.4 Å². The Labute approximate surface area is 190 Å². The zero-order chi connectivity index (χ0) is 23.3. The number of ether oxygens (including phenoxy) is 3. The van der Waals surface area contributed by atoms with E-state index in [1.165, 1.54) is 31.3 Å². The van der Waals surface area contributed by atoms with Gasteiger partial charge in [0.1, 0.15) is 17.3 Å². The zero-order valence-corrected chi connectivity index (χ0v) is 18.4. The Kier molecular flexibility index (Phi) is 7.69. The van der Waals surface area contributed by atoms with Gasteiger partial charge in [0.25, 0.3) is 0 Å². The van der Waals surface area contributed by atoms with Gasteiger partial charge >= 0.3 is 5.97 Å². The average molecular weight is 464 g/mol. The largest absolute Gasteiger partial charge is 0.497 e. The summed E-state index contributed by atoms with van der Waals surface area (Å²) < 4.78 is 29.1. The number of carbonyl (C=O) groups excluding carboxylic acids is 3. The molecule has 2 aromatic rings. The van der Waals surface area contributed by atoms with E-state index >= 15 is 0 Å². The Hall–Kier alpha value is -3.13. The van der Waals surface area contributed by atoms with Crippen molar-refractivity contribution in [2.45, 2.75) is 18.9 Å². The van der Waals surface area contributed by atoms with E-state index in [0.29, 0.717) is 17.2 Å². The first-order valence-corrected chi connectivity index (χ1v) is 10.5. The van der Waals surface area contributed by atoms with Gasteiger partial charge in [0.2, 0.25) is 11.7 Å². The topological polar surface area (TPSA) is 82.1 Å². The second-order valence-electron chi connectivity index (χ2n) is 7.22. The van der Waals surface area contributed by atoms with Crippen molar-refractivity contribution in [2.24, 2.45) is 5.92 Å². The number of nitrogens with zero attached hydrogens (tertiary/aromatic N) is 1. The van der Waals surface area contributed by atoms with Gasteiger partial charge < -0.3 is 19.1 Å². The summed E-state index contributed by atoms with van der Waals surface area (Å²) in [7, 11) is 2.99. The standard InChI is InChI=1S/C23H23ClFNO6/c1-30-17-7-8-18(20(12-17)31-2)26-13-15(11-21(26)27)23(29)32-19(9-10-24)22(28)14-3-5-16(25)6-4-14/h3-8,12,15,19H,9-11,13H2,1-2H3/t15-,19+/m1/s1. The molecule has 2 atom stereocenters. The van der Waals surface area contributed by atoms with Crippen molar-refractivity contribution in [3.05, 3.63) is 53.8 Å². The number of methoxy groups -OCH3 is 2. The normalized spacial score (nSPS) is 16.6. The number of Topliss-reactive ketones (excluding diaryl/α,β-unsaturated/α-hetero) is 1. The molecule has 0 saturated carbocycles. The fourth-order valence-corrected chi connectivity index (χ4v) is 3.68. The number of hydrogen-bond acceptors (Lipinski definition) is 6. The molecule has 32 heavy (non-hydrogen) atoms. The highest BCUT2D eigenvalue weighted by molar-refractivity contribution is 6.18. The highest BCUT2D eigenvalue weighted by Crippen LogP contribution is 2.36. The predicted octanol–water partition coefficient (Wildman–Crippen LogP) is 3.62. The second kappa shape index (κ2) is 10.5. The fourth-order valence-electron chi connectivity index (χ4n) is 3.49. The van der Waals surface area contributed by atoms with E-state index in [-0.39, 0.29) is 36.7 Å². The number of benzene rings is 2. The average Bonchev–Trinajstić information content (AvgIpc) is 3.19. The van der Waals surface area contributed by atoms with Crippen molar-refractivity contribution in [1.29, 1.82) is 0 Å². The molecule has 0 unspecified atom stereocenters. The van der Waals surface area contributed by atoms with Crippen molar-refractivity contribution in [3.63, 3.8) is 0 Å². The molecule has 0 bridgehead atoms. The van der Waals surface area contributed by atoms with Crippen molar-refractivity contribution >= 4 is 34.9 Å². The van der Waals surface area contributed by atoms with E-state index in [4.69, 9.17) is 25.8 Å². The zero-order valence-electron chi connectivity index (χ0n) is 17.7.